The molecule has 1 aromatic heterocycles. The lowest BCUT2D eigenvalue weighted by Gasteiger charge is -2.34. The van der Waals surface area contributed by atoms with E-state index in [0.29, 0.717) is 6.04 Å². The number of rotatable bonds is 4. The van der Waals surface area contributed by atoms with Crippen LogP contribution in [-0.2, 0) is 4.74 Å². The average molecular weight is 335 g/mol. The Balaban J connectivity index is 1.76. The fraction of sp³-hybridized carbons (Fsp3) is 0.333. The standard InChI is InChI=1S/C21H25N3O/c1-15-6-5-7-19(12-15)21-9-8-20(17(3)23-21)13-22-18(4)24-10-11-25-14-16(24)2/h5-9,12-13,16H,4,10-11,14H2,1-3H3/b22-13-. The van der Waals surface area contributed by atoms with Crippen molar-refractivity contribution in [2.45, 2.75) is 26.8 Å². The Morgan fingerprint density at radius 1 is 1.32 bits per heavy atom. The molecule has 25 heavy (non-hydrogen) atoms. The summed E-state index contributed by atoms with van der Waals surface area (Å²) in [5.41, 5.74) is 5.33. The van der Waals surface area contributed by atoms with Crippen LogP contribution in [0.1, 0.15) is 23.7 Å². The van der Waals surface area contributed by atoms with Gasteiger partial charge in [0.05, 0.1) is 24.9 Å². The highest BCUT2D eigenvalue weighted by atomic mass is 16.5. The van der Waals surface area contributed by atoms with Crippen LogP contribution >= 0.6 is 0 Å². The molecule has 0 amide bonds. The molecule has 1 saturated heterocycles. The fourth-order valence-electron chi connectivity index (χ4n) is 3.00. The Kier molecular flexibility index (Phi) is 5.29. The predicted octanol–water partition coefficient (Wildman–Crippen LogP) is 3.98. The van der Waals surface area contributed by atoms with Gasteiger partial charge in [0.2, 0.25) is 0 Å². The second-order valence-corrected chi connectivity index (χ2v) is 6.53. The maximum absolute atomic E-state index is 5.46. The van der Waals surface area contributed by atoms with Crippen LogP contribution in [0.25, 0.3) is 11.3 Å². The number of hydrogen-bond donors (Lipinski definition) is 0. The second-order valence-electron chi connectivity index (χ2n) is 6.53. The third-order valence-corrected chi connectivity index (χ3v) is 4.49. The molecule has 130 valence electrons. The summed E-state index contributed by atoms with van der Waals surface area (Å²) in [5, 5.41) is 0. The van der Waals surface area contributed by atoms with E-state index >= 15 is 0 Å². The highest BCUT2D eigenvalue weighted by Gasteiger charge is 2.19. The van der Waals surface area contributed by atoms with E-state index in [1.807, 2.05) is 19.2 Å². The van der Waals surface area contributed by atoms with Crippen LogP contribution in [0.3, 0.4) is 0 Å². The summed E-state index contributed by atoms with van der Waals surface area (Å²) in [6.07, 6.45) is 1.85. The molecule has 0 N–H and O–H groups in total. The van der Waals surface area contributed by atoms with Gasteiger partial charge in [0.15, 0.2) is 0 Å². The zero-order valence-corrected chi connectivity index (χ0v) is 15.2. The zero-order chi connectivity index (χ0) is 17.8. The average Bonchev–Trinajstić information content (AvgIpc) is 2.61. The van der Waals surface area contributed by atoms with Crippen molar-refractivity contribution in [2.24, 2.45) is 4.99 Å². The van der Waals surface area contributed by atoms with Crippen LogP contribution in [0.5, 0.6) is 0 Å². The third-order valence-electron chi connectivity index (χ3n) is 4.49. The van der Waals surface area contributed by atoms with E-state index in [0.717, 1.165) is 48.1 Å². The zero-order valence-electron chi connectivity index (χ0n) is 15.2. The summed E-state index contributed by atoms with van der Waals surface area (Å²) in [6, 6.07) is 12.8. The number of aromatic nitrogens is 1. The van der Waals surface area contributed by atoms with Crippen molar-refractivity contribution in [1.82, 2.24) is 9.88 Å². The molecule has 1 aromatic carbocycles. The molecule has 1 aliphatic rings. The molecule has 0 aliphatic carbocycles. The molecule has 0 radical (unpaired) electrons. The molecular weight excluding hydrogens is 310 g/mol. The molecule has 2 aromatic rings. The number of aliphatic imine (C=N–C) groups is 1. The van der Waals surface area contributed by atoms with E-state index in [1.54, 1.807) is 0 Å². The van der Waals surface area contributed by atoms with Gasteiger partial charge >= 0.3 is 0 Å². The Bertz CT molecular complexity index is 797. The highest BCUT2D eigenvalue weighted by Crippen LogP contribution is 2.20. The SMILES string of the molecule is C=C(/N=C\c1ccc(-c2cccc(C)c2)nc1C)N1CCOCC1C. The Morgan fingerprint density at radius 3 is 2.88 bits per heavy atom. The minimum absolute atomic E-state index is 0.307. The van der Waals surface area contributed by atoms with Crippen LogP contribution in [0.2, 0.25) is 0 Å². The Labute approximate surface area is 149 Å². The van der Waals surface area contributed by atoms with E-state index in [2.05, 4.69) is 60.7 Å². The lowest BCUT2D eigenvalue weighted by molar-refractivity contribution is 0.0167. The van der Waals surface area contributed by atoms with Crippen molar-refractivity contribution < 1.29 is 4.74 Å². The first-order valence-electron chi connectivity index (χ1n) is 8.66. The molecule has 3 rings (SSSR count). The van der Waals surface area contributed by atoms with Gasteiger partial charge < -0.3 is 9.64 Å². The van der Waals surface area contributed by atoms with Gasteiger partial charge in [-0.3, -0.25) is 4.98 Å². The molecule has 0 saturated carbocycles. The van der Waals surface area contributed by atoms with Gasteiger partial charge in [-0.05, 0) is 39.0 Å². The lowest BCUT2D eigenvalue weighted by Crippen LogP contribution is -2.42. The van der Waals surface area contributed by atoms with E-state index in [-0.39, 0.29) is 0 Å². The smallest absolute Gasteiger partial charge is 0.121 e. The normalized spacial score (nSPS) is 17.9. The summed E-state index contributed by atoms with van der Waals surface area (Å²) in [4.78, 5) is 11.5. The largest absolute Gasteiger partial charge is 0.377 e. The number of morpholine rings is 1. The Hall–Kier alpha value is -2.46. The molecule has 1 atom stereocenters. The predicted molar refractivity (Wildman–Crippen MR) is 103 cm³/mol. The van der Waals surface area contributed by atoms with Crippen molar-refractivity contribution in [2.75, 3.05) is 19.8 Å². The molecule has 4 heteroatoms. The van der Waals surface area contributed by atoms with Crippen molar-refractivity contribution in [1.29, 1.82) is 0 Å². The second kappa shape index (κ2) is 7.62. The lowest BCUT2D eigenvalue weighted by atomic mass is 10.1. The topological polar surface area (TPSA) is 37.7 Å². The quantitative estimate of drug-likeness (QED) is 0.793. The van der Waals surface area contributed by atoms with Crippen LogP contribution in [0, 0.1) is 13.8 Å². The molecule has 0 spiro atoms. The number of benzene rings is 1. The summed E-state index contributed by atoms with van der Waals surface area (Å²) >= 11 is 0. The maximum Gasteiger partial charge on any atom is 0.121 e. The van der Waals surface area contributed by atoms with Crippen molar-refractivity contribution >= 4 is 6.21 Å². The third kappa shape index (κ3) is 4.15. The monoisotopic (exact) mass is 335 g/mol. The van der Waals surface area contributed by atoms with Crippen molar-refractivity contribution in [3.05, 3.63) is 65.6 Å². The fourth-order valence-corrected chi connectivity index (χ4v) is 3.00. The van der Waals surface area contributed by atoms with E-state index in [1.165, 1.54) is 5.56 Å². The molecular formula is C21H25N3O. The highest BCUT2D eigenvalue weighted by molar-refractivity contribution is 5.82. The number of nitrogens with zero attached hydrogens (tertiary/aromatic N) is 3. The number of ether oxygens (including phenoxy) is 1. The van der Waals surface area contributed by atoms with Crippen LogP contribution < -0.4 is 0 Å². The molecule has 1 aliphatic heterocycles. The van der Waals surface area contributed by atoms with Crippen LogP contribution in [0.4, 0.5) is 0 Å². The van der Waals surface area contributed by atoms with Crippen LogP contribution in [-0.4, -0.2) is 41.9 Å². The summed E-state index contributed by atoms with van der Waals surface area (Å²) in [5.74, 6) is 0.776. The minimum Gasteiger partial charge on any atom is -0.377 e. The number of pyridine rings is 1. The van der Waals surface area contributed by atoms with E-state index < -0.39 is 0 Å². The van der Waals surface area contributed by atoms with E-state index in [9.17, 15) is 0 Å². The maximum atomic E-state index is 5.46. The van der Waals surface area contributed by atoms with Crippen molar-refractivity contribution in [3.63, 3.8) is 0 Å². The molecule has 0 bridgehead atoms. The van der Waals surface area contributed by atoms with E-state index in [4.69, 9.17) is 9.72 Å². The first-order chi connectivity index (χ1) is 12.0. The molecule has 1 unspecified atom stereocenters. The first kappa shape index (κ1) is 17.4. The molecule has 2 heterocycles. The van der Waals surface area contributed by atoms with Crippen molar-refractivity contribution in [3.8, 4) is 11.3 Å². The van der Waals surface area contributed by atoms with Gasteiger partial charge in [0.1, 0.15) is 5.82 Å². The number of aryl methyl sites for hydroxylation is 2. The minimum atomic E-state index is 0.307. The van der Waals surface area contributed by atoms with Crippen LogP contribution in [0.15, 0.2) is 53.8 Å². The summed E-state index contributed by atoms with van der Waals surface area (Å²) in [6.45, 7) is 12.6. The number of hydrogen-bond acceptors (Lipinski definition) is 4. The van der Waals surface area contributed by atoms with Gasteiger partial charge in [-0.25, -0.2) is 4.99 Å². The van der Waals surface area contributed by atoms with Gasteiger partial charge in [-0.15, -0.1) is 0 Å². The summed E-state index contributed by atoms with van der Waals surface area (Å²) < 4.78 is 5.46. The Morgan fingerprint density at radius 2 is 2.16 bits per heavy atom. The first-order valence-corrected chi connectivity index (χ1v) is 8.66. The molecule has 4 nitrogen and oxygen atoms in total. The van der Waals surface area contributed by atoms with Gasteiger partial charge in [-0.1, -0.05) is 30.3 Å². The summed E-state index contributed by atoms with van der Waals surface area (Å²) in [7, 11) is 0. The van der Waals surface area contributed by atoms with Gasteiger partial charge in [0.25, 0.3) is 0 Å². The van der Waals surface area contributed by atoms with Gasteiger partial charge in [0, 0.05) is 29.6 Å². The van der Waals surface area contributed by atoms with Gasteiger partial charge in [-0.2, -0.15) is 0 Å². The molecule has 1 fully saturated rings.